The van der Waals surface area contributed by atoms with Gasteiger partial charge in [0, 0.05) is 31.0 Å². The Labute approximate surface area is 113 Å². The Morgan fingerprint density at radius 2 is 2.16 bits per heavy atom. The SMILES string of the molecule is Cc1cc(F)ccc1Cn1cccc1CNC1CC1. The number of nitrogens with one attached hydrogen (secondary N) is 1. The monoisotopic (exact) mass is 258 g/mol. The van der Waals surface area contributed by atoms with Gasteiger partial charge in [0.25, 0.3) is 0 Å². The summed E-state index contributed by atoms with van der Waals surface area (Å²) in [5.74, 6) is -0.163. The van der Waals surface area contributed by atoms with E-state index in [0.29, 0.717) is 0 Å². The summed E-state index contributed by atoms with van der Waals surface area (Å²) in [6.45, 7) is 3.68. The fraction of sp³-hybridized carbons (Fsp3) is 0.375. The van der Waals surface area contributed by atoms with Crippen LogP contribution in [-0.2, 0) is 13.1 Å². The lowest BCUT2D eigenvalue weighted by atomic mass is 10.1. The summed E-state index contributed by atoms with van der Waals surface area (Å²) in [7, 11) is 0. The Bertz CT molecular complexity index is 570. The molecule has 0 radical (unpaired) electrons. The minimum Gasteiger partial charge on any atom is -0.346 e. The molecule has 1 fully saturated rings. The summed E-state index contributed by atoms with van der Waals surface area (Å²) in [6, 6.07) is 9.95. The van der Waals surface area contributed by atoms with Gasteiger partial charge < -0.3 is 9.88 Å². The molecule has 1 aliphatic rings. The van der Waals surface area contributed by atoms with E-state index in [1.54, 1.807) is 6.07 Å². The molecule has 0 aliphatic heterocycles. The third kappa shape index (κ3) is 3.04. The van der Waals surface area contributed by atoms with Crippen LogP contribution >= 0.6 is 0 Å². The Morgan fingerprint density at radius 1 is 1.32 bits per heavy atom. The average molecular weight is 258 g/mol. The molecular formula is C16H19FN2. The first kappa shape index (κ1) is 12.4. The van der Waals surface area contributed by atoms with Crippen LogP contribution in [0.4, 0.5) is 4.39 Å². The average Bonchev–Trinajstić information content (AvgIpc) is 3.11. The minimum atomic E-state index is -0.163. The van der Waals surface area contributed by atoms with Crippen molar-refractivity contribution in [3.8, 4) is 0 Å². The molecule has 1 aromatic heterocycles. The number of hydrogen-bond acceptors (Lipinski definition) is 1. The van der Waals surface area contributed by atoms with E-state index in [9.17, 15) is 4.39 Å². The number of aromatic nitrogens is 1. The third-order valence-corrected chi connectivity index (χ3v) is 3.72. The number of aryl methyl sites for hydroxylation is 1. The second-order valence-electron chi connectivity index (χ2n) is 5.35. The Morgan fingerprint density at radius 3 is 2.89 bits per heavy atom. The van der Waals surface area contributed by atoms with Gasteiger partial charge in [-0.15, -0.1) is 0 Å². The topological polar surface area (TPSA) is 17.0 Å². The van der Waals surface area contributed by atoms with E-state index < -0.39 is 0 Å². The highest BCUT2D eigenvalue weighted by molar-refractivity contribution is 5.27. The molecule has 19 heavy (non-hydrogen) atoms. The maximum atomic E-state index is 13.1. The minimum absolute atomic E-state index is 0.163. The second kappa shape index (κ2) is 5.17. The van der Waals surface area contributed by atoms with Crippen LogP contribution in [0.1, 0.15) is 29.7 Å². The zero-order valence-electron chi connectivity index (χ0n) is 11.2. The van der Waals surface area contributed by atoms with Crippen molar-refractivity contribution in [1.82, 2.24) is 9.88 Å². The molecule has 100 valence electrons. The first-order valence-corrected chi connectivity index (χ1v) is 6.85. The maximum absolute atomic E-state index is 13.1. The van der Waals surface area contributed by atoms with E-state index in [1.165, 1.54) is 30.2 Å². The fourth-order valence-corrected chi connectivity index (χ4v) is 2.32. The number of hydrogen-bond donors (Lipinski definition) is 1. The Kier molecular flexibility index (Phi) is 3.38. The normalized spacial score (nSPS) is 14.8. The molecule has 0 unspecified atom stereocenters. The van der Waals surface area contributed by atoms with Crippen molar-refractivity contribution < 1.29 is 4.39 Å². The van der Waals surface area contributed by atoms with Gasteiger partial charge in [-0.05, 0) is 55.2 Å². The van der Waals surface area contributed by atoms with E-state index >= 15 is 0 Å². The highest BCUT2D eigenvalue weighted by Gasteiger charge is 2.20. The van der Waals surface area contributed by atoms with E-state index in [4.69, 9.17) is 0 Å². The van der Waals surface area contributed by atoms with Crippen LogP contribution < -0.4 is 5.32 Å². The number of benzene rings is 1. The predicted molar refractivity (Wildman–Crippen MR) is 74.5 cm³/mol. The van der Waals surface area contributed by atoms with Gasteiger partial charge in [-0.1, -0.05) is 6.07 Å². The fourth-order valence-electron chi connectivity index (χ4n) is 2.32. The molecular weight excluding hydrogens is 239 g/mol. The van der Waals surface area contributed by atoms with Crippen LogP contribution in [0.15, 0.2) is 36.5 Å². The van der Waals surface area contributed by atoms with Crippen molar-refractivity contribution in [3.63, 3.8) is 0 Å². The number of halogens is 1. The van der Waals surface area contributed by atoms with Crippen LogP contribution in [0.5, 0.6) is 0 Å². The molecule has 3 rings (SSSR count). The van der Waals surface area contributed by atoms with Gasteiger partial charge in [0.1, 0.15) is 5.82 Å². The van der Waals surface area contributed by atoms with Crippen LogP contribution in [0.2, 0.25) is 0 Å². The van der Waals surface area contributed by atoms with E-state index in [1.807, 2.05) is 13.0 Å². The molecule has 1 aliphatic carbocycles. The highest BCUT2D eigenvalue weighted by Crippen LogP contribution is 2.20. The summed E-state index contributed by atoms with van der Waals surface area (Å²) in [6.07, 6.45) is 4.70. The molecule has 0 saturated heterocycles. The van der Waals surface area contributed by atoms with Gasteiger partial charge in [0.2, 0.25) is 0 Å². The molecule has 1 N–H and O–H groups in total. The summed E-state index contributed by atoms with van der Waals surface area (Å²) in [5.41, 5.74) is 3.47. The summed E-state index contributed by atoms with van der Waals surface area (Å²) >= 11 is 0. The molecule has 2 nitrogen and oxygen atoms in total. The molecule has 0 amide bonds. The largest absolute Gasteiger partial charge is 0.346 e. The van der Waals surface area contributed by atoms with Crippen molar-refractivity contribution in [3.05, 3.63) is 59.2 Å². The van der Waals surface area contributed by atoms with E-state index in [-0.39, 0.29) is 5.82 Å². The van der Waals surface area contributed by atoms with Crippen LogP contribution in [0.25, 0.3) is 0 Å². The first-order valence-electron chi connectivity index (χ1n) is 6.85. The second-order valence-corrected chi connectivity index (χ2v) is 5.35. The van der Waals surface area contributed by atoms with Crippen LogP contribution in [-0.4, -0.2) is 10.6 Å². The number of nitrogens with zero attached hydrogens (tertiary/aromatic N) is 1. The van der Waals surface area contributed by atoms with Crippen molar-refractivity contribution >= 4 is 0 Å². The van der Waals surface area contributed by atoms with E-state index in [0.717, 1.165) is 24.7 Å². The van der Waals surface area contributed by atoms with Crippen molar-refractivity contribution in [1.29, 1.82) is 0 Å². The molecule has 1 saturated carbocycles. The van der Waals surface area contributed by atoms with Gasteiger partial charge in [-0.3, -0.25) is 0 Å². The highest BCUT2D eigenvalue weighted by atomic mass is 19.1. The molecule has 2 aromatic rings. The Balaban J connectivity index is 1.73. The first-order chi connectivity index (χ1) is 9.22. The molecule has 0 spiro atoms. The van der Waals surface area contributed by atoms with Crippen molar-refractivity contribution in [2.75, 3.05) is 0 Å². The van der Waals surface area contributed by atoms with Gasteiger partial charge in [-0.2, -0.15) is 0 Å². The van der Waals surface area contributed by atoms with Gasteiger partial charge >= 0.3 is 0 Å². The predicted octanol–water partition coefficient (Wildman–Crippen LogP) is 3.24. The zero-order valence-corrected chi connectivity index (χ0v) is 11.2. The smallest absolute Gasteiger partial charge is 0.123 e. The van der Waals surface area contributed by atoms with Crippen LogP contribution in [0, 0.1) is 12.7 Å². The Hall–Kier alpha value is -1.61. The summed E-state index contributed by atoms with van der Waals surface area (Å²) in [5, 5.41) is 3.53. The van der Waals surface area contributed by atoms with Crippen LogP contribution in [0.3, 0.4) is 0 Å². The quantitative estimate of drug-likeness (QED) is 0.871. The lowest BCUT2D eigenvalue weighted by molar-refractivity contribution is 0.620. The van der Waals surface area contributed by atoms with Gasteiger partial charge in [-0.25, -0.2) is 4.39 Å². The number of rotatable bonds is 5. The van der Waals surface area contributed by atoms with Crippen molar-refractivity contribution in [2.24, 2.45) is 0 Å². The van der Waals surface area contributed by atoms with E-state index in [2.05, 4.69) is 28.2 Å². The summed E-state index contributed by atoms with van der Waals surface area (Å²) in [4.78, 5) is 0. The third-order valence-electron chi connectivity index (χ3n) is 3.72. The lowest BCUT2D eigenvalue weighted by Crippen LogP contribution is -2.18. The standard InChI is InChI=1S/C16H19FN2/c1-12-9-14(17)5-4-13(12)11-19-8-2-3-16(19)10-18-15-6-7-15/h2-5,8-9,15,18H,6-7,10-11H2,1H3. The maximum Gasteiger partial charge on any atom is 0.123 e. The molecule has 1 aromatic carbocycles. The van der Waals surface area contributed by atoms with Gasteiger partial charge in [0.15, 0.2) is 0 Å². The molecule has 0 atom stereocenters. The van der Waals surface area contributed by atoms with Gasteiger partial charge in [0.05, 0.1) is 0 Å². The molecule has 3 heteroatoms. The van der Waals surface area contributed by atoms with Crippen molar-refractivity contribution in [2.45, 2.75) is 38.9 Å². The molecule has 1 heterocycles. The molecule has 0 bridgehead atoms. The zero-order chi connectivity index (χ0) is 13.2. The summed E-state index contributed by atoms with van der Waals surface area (Å²) < 4.78 is 15.3. The lowest BCUT2D eigenvalue weighted by Gasteiger charge is -2.12.